The van der Waals surface area contributed by atoms with Crippen molar-refractivity contribution in [3.63, 3.8) is 0 Å². The minimum Gasteiger partial charge on any atom is -0.394 e. The molecular weight excluding hydrogens is 238 g/mol. The summed E-state index contributed by atoms with van der Waals surface area (Å²) >= 11 is 6.06. The molecule has 90 valence electrons. The molecule has 2 N–H and O–H groups in total. The number of aliphatic hydroxyl groups excluding tert-OH is 1. The molecule has 1 aromatic carbocycles. The number of nitrogens with one attached hydrogen (secondary N) is 1. The number of hydrogen-bond donors (Lipinski definition) is 2. The predicted molar refractivity (Wildman–Crippen MR) is 68.1 cm³/mol. The topological polar surface area (TPSA) is 50.1 Å². The summed E-state index contributed by atoms with van der Waals surface area (Å²) in [5, 5.41) is 13.3. The van der Waals surface area contributed by atoms with Crippen molar-refractivity contribution < 1.29 is 5.11 Å². The van der Waals surface area contributed by atoms with Crippen molar-refractivity contribution >= 4 is 17.3 Å². The molecule has 0 bridgehead atoms. The fourth-order valence-electron chi connectivity index (χ4n) is 1.68. The average Bonchev–Trinajstić information content (AvgIpc) is 2.75. The highest BCUT2D eigenvalue weighted by Gasteiger charge is 2.14. The van der Waals surface area contributed by atoms with Gasteiger partial charge >= 0.3 is 0 Å². The molecule has 1 atom stereocenters. The molecule has 0 aliphatic heterocycles. The van der Waals surface area contributed by atoms with Gasteiger partial charge in [-0.25, -0.2) is 4.98 Å². The Hall–Kier alpha value is -1.52. The van der Waals surface area contributed by atoms with Crippen molar-refractivity contribution in [3.8, 4) is 0 Å². The fraction of sp³-hybridized carbons (Fsp3) is 0.250. The molecule has 0 saturated heterocycles. The number of aliphatic hydroxyl groups is 1. The summed E-state index contributed by atoms with van der Waals surface area (Å²) in [5.74, 6) is 0. The van der Waals surface area contributed by atoms with Crippen molar-refractivity contribution in [1.29, 1.82) is 0 Å². The third-order valence-electron chi connectivity index (χ3n) is 2.60. The third kappa shape index (κ3) is 2.60. The first-order valence-electron chi connectivity index (χ1n) is 5.30. The molecule has 5 heteroatoms. The number of anilines is 1. The summed E-state index contributed by atoms with van der Waals surface area (Å²) in [6, 6.07) is 7.22. The second kappa shape index (κ2) is 5.21. The van der Waals surface area contributed by atoms with Gasteiger partial charge in [-0.05, 0) is 12.1 Å². The molecule has 1 unspecified atom stereocenters. The summed E-state index contributed by atoms with van der Waals surface area (Å²) in [7, 11) is 1.89. The number of nitrogens with zero attached hydrogens (tertiary/aromatic N) is 2. The molecular formula is C12H14ClN3O. The Labute approximate surface area is 105 Å². The molecule has 0 amide bonds. The number of halogens is 1. The van der Waals surface area contributed by atoms with E-state index in [9.17, 15) is 5.11 Å². The zero-order valence-corrected chi connectivity index (χ0v) is 10.2. The molecule has 0 radical (unpaired) electrons. The van der Waals surface area contributed by atoms with Gasteiger partial charge in [0.2, 0.25) is 0 Å². The van der Waals surface area contributed by atoms with E-state index in [1.54, 1.807) is 12.5 Å². The van der Waals surface area contributed by atoms with Gasteiger partial charge in [0, 0.05) is 7.05 Å². The molecule has 0 spiro atoms. The van der Waals surface area contributed by atoms with E-state index in [0.717, 1.165) is 11.4 Å². The van der Waals surface area contributed by atoms with Gasteiger partial charge in [-0.2, -0.15) is 0 Å². The van der Waals surface area contributed by atoms with Gasteiger partial charge in [0.15, 0.2) is 0 Å². The second-order valence-electron chi connectivity index (χ2n) is 3.79. The molecule has 2 aromatic rings. The van der Waals surface area contributed by atoms with Gasteiger partial charge in [0.1, 0.15) is 0 Å². The zero-order chi connectivity index (χ0) is 12.3. The highest BCUT2D eigenvalue weighted by molar-refractivity contribution is 6.33. The van der Waals surface area contributed by atoms with Crippen LogP contribution in [0.25, 0.3) is 0 Å². The molecule has 0 fully saturated rings. The maximum absolute atomic E-state index is 9.43. The van der Waals surface area contributed by atoms with Crippen LogP contribution < -0.4 is 5.32 Å². The van der Waals surface area contributed by atoms with Crippen LogP contribution in [0.2, 0.25) is 5.02 Å². The summed E-state index contributed by atoms with van der Waals surface area (Å²) in [5.41, 5.74) is 1.71. The number of aryl methyl sites for hydroxylation is 1. The first-order chi connectivity index (χ1) is 8.22. The van der Waals surface area contributed by atoms with Crippen LogP contribution in [0.5, 0.6) is 0 Å². The highest BCUT2D eigenvalue weighted by Crippen LogP contribution is 2.25. The molecule has 1 aromatic heterocycles. The van der Waals surface area contributed by atoms with Crippen LogP contribution in [0, 0.1) is 0 Å². The minimum absolute atomic E-state index is 0.0231. The Morgan fingerprint density at radius 2 is 2.24 bits per heavy atom. The van der Waals surface area contributed by atoms with E-state index < -0.39 is 0 Å². The first kappa shape index (κ1) is 12.0. The maximum atomic E-state index is 9.43. The Kier molecular flexibility index (Phi) is 3.66. The SMILES string of the molecule is Cn1cncc1C(CO)Nc1ccccc1Cl. The second-order valence-corrected chi connectivity index (χ2v) is 4.20. The Bertz CT molecular complexity index is 498. The largest absolute Gasteiger partial charge is 0.394 e. The van der Waals surface area contributed by atoms with Gasteiger partial charge in [0.25, 0.3) is 0 Å². The number of benzene rings is 1. The van der Waals surface area contributed by atoms with E-state index in [4.69, 9.17) is 11.6 Å². The van der Waals surface area contributed by atoms with Crippen LogP contribution in [-0.2, 0) is 7.05 Å². The van der Waals surface area contributed by atoms with Crippen molar-refractivity contribution in [1.82, 2.24) is 9.55 Å². The summed E-state index contributed by atoms with van der Waals surface area (Å²) in [6.45, 7) is -0.0231. The normalized spacial score (nSPS) is 12.4. The van der Waals surface area contributed by atoms with E-state index in [-0.39, 0.29) is 12.6 Å². The average molecular weight is 252 g/mol. The van der Waals surface area contributed by atoms with Crippen LogP contribution in [-0.4, -0.2) is 21.3 Å². The van der Waals surface area contributed by atoms with Crippen LogP contribution in [0.15, 0.2) is 36.8 Å². The lowest BCUT2D eigenvalue weighted by Crippen LogP contribution is -2.17. The Morgan fingerprint density at radius 3 is 2.82 bits per heavy atom. The minimum atomic E-state index is -0.220. The van der Waals surface area contributed by atoms with E-state index >= 15 is 0 Å². The molecule has 4 nitrogen and oxygen atoms in total. The number of rotatable bonds is 4. The standard InChI is InChI=1S/C12H14ClN3O/c1-16-8-14-6-12(16)11(7-17)15-10-5-3-2-4-9(10)13/h2-6,8,11,15,17H,7H2,1H3. The quantitative estimate of drug-likeness (QED) is 0.876. The molecule has 17 heavy (non-hydrogen) atoms. The van der Waals surface area contributed by atoms with Gasteiger partial charge < -0.3 is 15.0 Å². The molecule has 1 heterocycles. The molecule has 0 saturated carbocycles. The van der Waals surface area contributed by atoms with E-state index in [1.807, 2.05) is 35.9 Å². The van der Waals surface area contributed by atoms with Gasteiger partial charge in [-0.15, -0.1) is 0 Å². The molecule has 0 aliphatic carbocycles. The third-order valence-corrected chi connectivity index (χ3v) is 2.93. The van der Waals surface area contributed by atoms with Gasteiger partial charge in [0.05, 0.1) is 41.6 Å². The predicted octanol–water partition coefficient (Wildman–Crippen LogP) is 2.22. The number of aromatic nitrogens is 2. The highest BCUT2D eigenvalue weighted by atomic mass is 35.5. The monoisotopic (exact) mass is 251 g/mol. The van der Waals surface area contributed by atoms with Crippen molar-refractivity contribution in [2.24, 2.45) is 7.05 Å². The maximum Gasteiger partial charge on any atom is 0.0946 e. The lowest BCUT2D eigenvalue weighted by atomic mass is 10.2. The number of imidazole rings is 1. The van der Waals surface area contributed by atoms with Gasteiger partial charge in [-0.3, -0.25) is 0 Å². The number of para-hydroxylation sites is 1. The molecule has 0 aliphatic rings. The summed E-state index contributed by atoms with van der Waals surface area (Å²) in [4.78, 5) is 4.03. The Balaban J connectivity index is 2.22. The zero-order valence-electron chi connectivity index (χ0n) is 9.47. The first-order valence-corrected chi connectivity index (χ1v) is 5.68. The van der Waals surface area contributed by atoms with E-state index in [0.29, 0.717) is 5.02 Å². The smallest absolute Gasteiger partial charge is 0.0946 e. The lowest BCUT2D eigenvalue weighted by Gasteiger charge is -2.18. The lowest BCUT2D eigenvalue weighted by molar-refractivity contribution is 0.272. The van der Waals surface area contributed by atoms with Crippen molar-refractivity contribution in [3.05, 3.63) is 47.5 Å². The van der Waals surface area contributed by atoms with E-state index in [2.05, 4.69) is 10.3 Å². The van der Waals surface area contributed by atoms with E-state index in [1.165, 1.54) is 0 Å². The van der Waals surface area contributed by atoms with Crippen LogP contribution in [0.1, 0.15) is 11.7 Å². The Morgan fingerprint density at radius 1 is 1.47 bits per heavy atom. The van der Waals surface area contributed by atoms with Crippen molar-refractivity contribution in [2.75, 3.05) is 11.9 Å². The van der Waals surface area contributed by atoms with Gasteiger partial charge in [-0.1, -0.05) is 23.7 Å². The van der Waals surface area contributed by atoms with Crippen molar-refractivity contribution in [2.45, 2.75) is 6.04 Å². The summed E-state index contributed by atoms with van der Waals surface area (Å²) in [6.07, 6.45) is 3.43. The van der Waals surface area contributed by atoms with Crippen LogP contribution in [0.3, 0.4) is 0 Å². The number of hydrogen-bond acceptors (Lipinski definition) is 3. The molecule has 2 rings (SSSR count). The summed E-state index contributed by atoms with van der Waals surface area (Å²) < 4.78 is 1.87. The fourth-order valence-corrected chi connectivity index (χ4v) is 1.87. The van der Waals surface area contributed by atoms with Crippen LogP contribution in [0.4, 0.5) is 5.69 Å². The van der Waals surface area contributed by atoms with Crippen LogP contribution >= 0.6 is 11.6 Å².